The van der Waals surface area contributed by atoms with Crippen molar-refractivity contribution in [3.8, 4) is 0 Å². The highest BCUT2D eigenvalue weighted by Crippen LogP contribution is 2.19. The van der Waals surface area contributed by atoms with Crippen LogP contribution in [0.4, 0.5) is 0 Å². The molecule has 1 N–H and O–H groups in total. The maximum absolute atomic E-state index is 11.9. The molecule has 0 aromatic carbocycles. The Hall–Kier alpha value is -0.610. The topological polar surface area (TPSA) is 41.6 Å². The van der Waals surface area contributed by atoms with Gasteiger partial charge in [-0.05, 0) is 65.6 Å². The molecule has 4 nitrogen and oxygen atoms in total. The Morgan fingerprint density at radius 3 is 2.75 bits per heavy atom. The van der Waals surface area contributed by atoms with Gasteiger partial charge in [0.15, 0.2) is 0 Å². The number of esters is 1. The van der Waals surface area contributed by atoms with Gasteiger partial charge in [-0.1, -0.05) is 13.3 Å². The zero-order valence-electron chi connectivity index (χ0n) is 13.7. The SMILES string of the molecule is CCNC(C)(CCCCN1CCCCC1C)C(=O)OC. The predicted molar refractivity (Wildman–Crippen MR) is 82.8 cm³/mol. The molecule has 4 heteroatoms. The Bertz CT molecular complexity index is 296. The second kappa shape index (κ2) is 8.63. The summed E-state index contributed by atoms with van der Waals surface area (Å²) in [6.07, 6.45) is 7.09. The summed E-state index contributed by atoms with van der Waals surface area (Å²) < 4.78 is 4.92. The van der Waals surface area contributed by atoms with Gasteiger partial charge >= 0.3 is 5.97 Å². The summed E-state index contributed by atoms with van der Waals surface area (Å²) in [5, 5.41) is 3.27. The monoisotopic (exact) mass is 284 g/mol. The van der Waals surface area contributed by atoms with Gasteiger partial charge in [0.1, 0.15) is 5.54 Å². The number of ether oxygens (including phenoxy) is 1. The van der Waals surface area contributed by atoms with E-state index in [1.807, 2.05) is 13.8 Å². The summed E-state index contributed by atoms with van der Waals surface area (Å²) in [6, 6.07) is 0.726. The van der Waals surface area contributed by atoms with E-state index in [1.54, 1.807) is 0 Å². The lowest BCUT2D eigenvalue weighted by Crippen LogP contribution is -2.50. The number of rotatable bonds is 8. The van der Waals surface area contributed by atoms with Crippen molar-refractivity contribution in [3.63, 3.8) is 0 Å². The molecular formula is C16H32N2O2. The molecule has 0 bridgehead atoms. The minimum Gasteiger partial charge on any atom is -0.468 e. The number of hydrogen-bond acceptors (Lipinski definition) is 4. The van der Waals surface area contributed by atoms with Crippen LogP contribution in [0.3, 0.4) is 0 Å². The molecule has 1 saturated heterocycles. The van der Waals surface area contributed by atoms with E-state index in [2.05, 4.69) is 17.1 Å². The van der Waals surface area contributed by atoms with Gasteiger partial charge in [0.25, 0.3) is 0 Å². The molecule has 0 saturated carbocycles. The zero-order valence-corrected chi connectivity index (χ0v) is 13.7. The summed E-state index contributed by atoms with van der Waals surface area (Å²) in [7, 11) is 1.47. The molecule has 1 fully saturated rings. The van der Waals surface area contributed by atoms with E-state index >= 15 is 0 Å². The van der Waals surface area contributed by atoms with Crippen LogP contribution in [0.25, 0.3) is 0 Å². The Kier molecular flexibility index (Phi) is 7.52. The van der Waals surface area contributed by atoms with Crippen molar-refractivity contribution >= 4 is 5.97 Å². The first-order valence-electron chi connectivity index (χ1n) is 8.11. The number of piperidine rings is 1. The molecule has 1 aliphatic rings. The summed E-state index contributed by atoms with van der Waals surface area (Å²) >= 11 is 0. The molecule has 20 heavy (non-hydrogen) atoms. The van der Waals surface area contributed by atoms with E-state index in [-0.39, 0.29) is 5.97 Å². The molecule has 1 heterocycles. The van der Waals surface area contributed by atoms with Crippen LogP contribution in [0.2, 0.25) is 0 Å². The van der Waals surface area contributed by atoms with Gasteiger partial charge in [-0.15, -0.1) is 0 Å². The fraction of sp³-hybridized carbons (Fsp3) is 0.938. The van der Waals surface area contributed by atoms with Crippen molar-refractivity contribution in [3.05, 3.63) is 0 Å². The van der Waals surface area contributed by atoms with Gasteiger partial charge in [-0.25, -0.2) is 0 Å². The highest BCUT2D eigenvalue weighted by atomic mass is 16.5. The Morgan fingerprint density at radius 2 is 2.15 bits per heavy atom. The molecule has 0 aromatic heterocycles. The highest BCUT2D eigenvalue weighted by molar-refractivity contribution is 5.80. The Morgan fingerprint density at radius 1 is 1.40 bits per heavy atom. The molecule has 2 unspecified atom stereocenters. The van der Waals surface area contributed by atoms with Crippen LogP contribution in [-0.4, -0.2) is 49.2 Å². The third-order valence-corrected chi connectivity index (χ3v) is 4.52. The average Bonchev–Trinajstić information content (AvgIpc) is 2.44. The number of carbonyl (C=O) groups is 1. The van der Waals surface area contributed by atoms with Crippen LogP contribution < -0.4 is 5.32 Å². The van der Waals surface area contributed by atoms with Crippen molar-refractivity contribution in [2.45, 2.75) is 70.9 Å². The first-order valence-corrected chi connectivity index (χ1v) is 8.11. The van der Waals surface area contributed by atoms with Crippen molar-refractivity contribution < 1.29 is 9.53 Å². The summed E-state index contributed by atoms with van der Waals surface area (Å²) in [5.41, 5.74) is -0.531. The minimum absolute atomic E-state index is 0.148. The lowest BCUT2D eigenvalue weighted by atomic mass is 9.94. The van der Waals surface area contributed by atoms with Crippen LogP contribution in [0, 0.1) is 0 Å². The first-order chi connectivity index (χ1) is 9.53. The molecule has 0 aliphatic carbocycles. The lowest BCUT2D eigenvalue weighted by molar-refractivity contribution is -0.148. The minimum atomic E-state index is -0.531. The second-order valence-corrected chi connectivity index (χ2v) is 6.19. The maximum Gasteiger partial charge on any atom is 0.325 e. The Labute approximate surface area is 124 Å². The van der Waals surface area contributed by atoms with E-state index in [4.69, 9.17) is 4.74 Å². The molecule has 1 rings (SSSR count). The standard InChI is InChI=1S/C16H32N2O2/c1-5-17-16(3,15(19)20-4)11-7-9-13-18-12-8-6-10-14(18)2/h14,17H,5-13H2,1-4H3. The molecule has 0 aromatic rings. The van der Waals surface area contributed by atoms with Crippen molar-refractivity contribution in [1.82, 2.24) is 10.2 Å². The van der Waals surface area contributed by atoms with Gasteiger partial charge in [-0.3, -0.25) is 4.79 Å². The largest absolute Gasteiger partial charge is 0.468 e. The number of nitrogens with zero attached hydrogens (tertiary/aromatic N) is 1. The van der Waals surface area contributed by atoms with Crippen molar-refractivity contribution in [1.29, 1.82) is 0 Å². The van der Waals surface area contributed by atoms with Gasteiger partial charge in [0.2, 0.25) is 0 Å². The van der Waals surface area contributed by atoms with Crippen molar-refractivity contribution in [2.75, 3.05) is 26.7 Å². The van der Waals surface area contributed by atoms with Gasteiger partial charge in [-0.2, -0.15) is 0 Å². The van der Waals surface area contributed by atoms with E-state index in [0.717, 1.165) is 38.4 Å². The third kappa shape index (κ3) is 5.06. The smallest absolute Gasteiger partial charge is 0.325 e. The molecular weight excluding hydrogens is 252 g/mol. The lowest BCUT2D eigenvalue weighted by Gasteiger charge is -2.33. The summed E-state index contributed by atoms with van der Waals surface area (Å²) in [5.74, 6) is -0.148. The van der Waals surface area contributed by atoms with Crippen LogP contribution in [0.5, 0.6) is 0 Å². The van der Waals surface area contributed by atoms with E-state index in [1.165, 1.54) is 32.9 Å². The van der Waals surface area contributed by atoms with Crippen LogP contribution in [0.1, 0.15) is 59.3 Å². The number of likely N-dealkylation sites (tertiary alicyclic amines) is 1. The average molecular weight is 284 g/mol. The second-order valence-electron chi connectivity index (χ2n) is 6.19. The van der Waals surface area contributed by atoms with Crippen LogP contribution in [0.15, 0.2) is 0 Å². The Balaban J connectivity index is 2.31. The van der Waals surface area contributed by atoms with Crippen LogP contribution in [-0.2, 0) is 9.53 Å². The first kappa shape index (κ1) is 17.4. The third-order valence-electron chi connectivity index (χ3n) is 4.52. The number of likely N-dealkylation sites (N-methyl/N-ethyl adjacent to an activating group) is 1. The van der Waals surface area contributed by atoms with E-state index in [9.17, 15) is 4.79 Å². The molecule has 0 amide bonds. The zero-order chi connectivity index (χ0) is 15.0. The number of hydrogen-bond donors (Lipinski definition) is 1. The molecule has 0 spiro atoms. The number of unbranched alkanes of at least 4 members (excludes halogenated alkanes) is 1. The molecule has 0 radical (unpaired) electrons. The van der Waals surface area contributed by atoms with E-state index < -0.39 is 5.54 Å². The predicted octanol–water partition coefficient (Wildman–Crippen LogP) is 2.57. The number of nitrogens with one attached hydrogen (secondary N) is 1. The molecule has 2 atom stereocenters. The maximum atomic E-state index is 11.9. The highest BCUT2D eigenvalue weighted by Gasteiger charge is 2.32. The van der Waals surface area contributed by atoms with Crippen LogP contribution >= 0.6 is 0 Å². The van der Waals surface area contributed by atoms with E-state index in [0.29, 0.717) is 0 Å². The fourth-order valence-electron chi connectivity index (χ4n) is 3.16. The molecule has 1 aliphatic heterocycles. The quantitative estimate of drug-likeness (QED) is 0.549. The number of methoxy groups -OCH3 is 1. The number of carbonyl (C=O) groups excluding carboxylic acids is 1. The van der Waals surface area contributed by atoms with Gasteiger partial charge < -0.3 is 15.0 Å². The van der Waals surface area contributed by atoms with Gasteiger partial charge in [0.05, 0.1) is 7.11 Å². The fourth-order valence-corrected chi connectivity index (χ4v) is 3.16. The van der Waals surface area contributed by atoms with Gasteiger partial charge in [0, 0.05) is 6.04 Å². The molecule has 118 valence electrons. The summed E-state index contributed by atoms with van der Waals surface area (Å²) in [4.78, 5) is 14.5. The normalized spacial score (nSPS) is 23.3. The van der Waals surface area contributed by atoms with Crippen molar-refractivity contribution in [2.24, 2.45) is 0 Å². The summed E-state index contributed by atoms with van der Waals surface area (Å²) in [6.45, 7) is 9.49.